The first-order chi connectivity index (χ1) is 18.1. The summed E-state index contributed by atoms with van der Waals surface area (Å²) in [6.07, 6.45) is 11.7. The molecular formula is C28H38N4O5S. The molecule has 1 heterocycles. The highest BCUT2D eigenvalue weighted by Crippen LogP contribution is 2.18. The van der Waals surface area contributed by atoms with Crippen LogP contribution in [-0.2, 0) is 16.8 Å². The molecule has 206 valence electrons. The lowest BCUT2D eigenvalue weighted by molar-refractivity contribution is 0.378. The Morgan fingerprint density at radius 3 is 2.37 bits per heavy atom. The zero-order valence-electron chi connectivity index (χ0n) is 22.3. The molecule has 2 aromatic carbocycles. The molecule has 1 aromatic heterocycles. The summed E-state index contributed by atoms with van der Waals surface area (Å²) in [6, 6.07) is 13.7. The summed E-state index contributed by atoms with van der Waals surface area (Å²) in [6.45, 7) is 1.56. The first-order valence-electron chi connectivity index (χ1n) is 12.9. The fourth-order valence-corrected chi connectivity index (χ4v) is 5.00. The van der Waals surface area contributed by atoms with E-state index in [4.69, 9.17) is 9.29 Å². The van der Waals surface area contributed by atoms with E-state index in [1.807, 2.05) is 68.7 Å². The van der Waals surface area contributed by atoms with Crippen molar-refractivity contribution in [1.29, 1.82) is 0 Å². The third kappa shape index (κ3) is 9.68. The van der Waals surface area contributed by atoms with E-state index < -0.39 is 10.3 Å². The van der Waals surface area contributed by atoms with E-state index in [2.05, 4.69) is 14.7 Å². The van der Waals surface area contributed by atoms with E-state index in [0.29, 0.717) is 11.9 Å². The van der Waals surface area contributed by atoms with Gasteiger partial charge in [-0.1, -0.05) is 49.6 Å². The van der Waals surface area contributed by atoms with Crippen LogP contribution in [0.3, 0.4) is 0 Å². The van der Waals surface area contributed by atoms with Gasteiger partial charge >= 0.3 is 10.3 Å². The van der Waals surface area contributed by atoms with Gasteiger partial charge in [0.25, 0.3) is 5.56 Å². The van der Waals surface area contributed by atoms with Crippen molar-refractivity contribution in [2.75, 3.05) is 27.7 Å². The Labute approximate surface area is 225 Å². The molecule has 1 saturated carbocycles. The summed E-state index contributed by atoms with van der Waals surface area (Å²) in [7, 11) is 1.73. The monoisotopic (exact) mass is 542 g/mol. The van der Waals surface area contributed by atoms with Crippen LogP contribution in [0.5, 0.6) is 5.75 Å². The maximum atomic E-state index is 12.6. The van der Waals surface area contributed by atoms with Gasteiger partial charge in [0.05, 0.1) is 18.7 Å². The van der Waals surface area contributed by atoms with E-state index in [9.17, 15) is 13.2 Å². The number of benzene rings is 2. The van der Waals surface area contributed by atoms with Crippen molar-refractivity contribution in [2.24, 2.45) is 0 Å². The van der Waals surface area contributed by atoms with Crippen LogP contribution in [-0.4, -0.2) is 61.4 Å². The lowest BCUT2D eigenvalue weighted by Crippen LogP contribution is -2.35. The highest BCUT2D eigenvalue weighted by molar-refractivity contribution is 7.83. The highest BCUT2D eigenvalue weighted by atomic mass is 32.2. The van der Waals surface area contributed by atoms with Crippen LogP contribution in [0.15, 0.2) is 53.5 Å². The number of fused-ring (bicyclic) bond motifs is 1. The molecule has 0 aliphatic heterocycles. The van der Waals surface area contributed by atoms with Crippen LogP contribution < -0.4 is 15.0 Å². The first kappa shape index (κ1) is 29.5. The van der Waals surface area contributed by atoms with Crippen molar-refractivity contribution in [3.05, 3.63) is 70.1 Å². The summed E-state index contributed by atoms with van der Waals surface area (Å²) in [5, 5.41) is 5.90. The minimum absolute atomic E-state index is 0.0306. The maximum Gasteiger partial charge on any atom is 0.333 e. The van der Waals surface area contributed by atoms with Crippen molar-refractivity contribution >= 4 is 33.2 Å². The Hall–Kier alpha value is -3.05. The van der Waals surface area contributed by atoms with Crippen LogP contribution in [0.1, 0.15) is 49.7 Å². The number of nitrogens with zero attached hydrogens (tertiary/aromatic N) is 3. The smallest absolute Gasteiger partial charge is 0.333 e. The first-order valence-corrected chi connectivity index (χ1v) is 14.3. The van der Waals surface area contributed by atoms with Crippen molar-refractivity contribution in [3.63, 3.8) is 0 Å². The number of rotatable bonds is 9. The van der Waals surface area contributed by atoms with Gasteiger partial charge in [-0.25, -0.2) is 4.68 Å². The number of nitrogens with one attached hydrogen (secondary N) is 1. The normalized spacial score (nSPS) is 14.6. The summed E-state index contributed by atoms with van der Waals surface area (Å²) < 4.78 is 38.0. The van der Waals surface area contributed by atoms with E-state index in [-0.39, 0.29) is 11.6 Å². The Morgan fingerprint density at radius 2 is 1.74 bits per heavy atom. The summed E-state index contributed by atoms with van der Waals surface area (Å²) in [5.41, 5.74) is 2.09. The quantitative estimate of drug-likeness (QED) is 0.307. The summed E-state index contributed by atoms with van der Waals surface area (Å²) >= 11 is 0. The van der Waals surface area contributed by atoms with Crippen LogP contribution in [0.4, 0.5) is 0 Å². The average Bonchev–Trinajstić information content (AvgIpc) is 2.89. The molecule has 1 aliphatic rings. The topological polar surface area (TPSA) is 114 Å². The number of hydrogen-bond donors (Lipinski definition) is 2. The predicted molar refractivity (Wildman–Crippen MR) is 153 cm³/mol. The van der Waals surface area contributed by atoms with Crippen LogP contribution in [0.25, 0.3) is 22.9 Å². The zero-order chi connectivity index (χ0) is 27.5. The van der Waals surface area contributed by atoms with Crippen LogP contribution >= 0.6 is 0 Å². The minimum Gasteiger partial charge on any atom is -0.497 e. The highest BCUT2D eigenvalue weighted by Gasteiger charge is 2.17. The average molecular weight is 543 g/mol. The molecule has 38 heavy (non-hydrogen) atoms. The molecule has 3 aromatic rings. The predicted octanol–water partition coefficient (Wildman–Crippen LogP) is 4.24. The van der Waals surface area contributed by atoms with E-state index in [0.717, 1.165) is 60.9 Å². The molecule has 10 heteroatoms. The molecule has 0 saturated heterocycles. The van der Waals surface area contributed by atoms with Gasteiger partial charge in [0.15, 0.2) is 0 Å². The van der Waals surface area contributed by atoms with Crippen LogP contribution in [0.2, 0.25) is 0 Å². The number of aryl methyl sites for hydroxylation is 1. The second kappa shape index (κ2) is 14.2. The third-order valence-electron chi connectivity index (χ3n) is 6.36. The second-order valence-electron chi connectivity index (χ2n) is 9.71. The summed E-state index contributed by atoms with van der Waals surface area (Å²) in [5.74, 6) is 0.839. The van der Waals surface area contributed by atoms with Gasteiger partial charge in [0, 0.05) is 18.0 Å². The molecule has 0 spiro atoms. The van der Waals surface area contributed by atoms with Crippen molar-refractivity contribution < 1.29 is 17.7 Å². The van der Waals surface area contributed by atoms with Crippen molar-refractivity contribution in [2.45, 2.75) is 51.1 Å². The number of ether oxygens (including phenoxy) is 1. The maximum absolute atomic E-state index is 12.6. The molecule has 1 fully saturated rings. The van der Waals surface area contributed by atoms with Gasteiger partial charge in [-0.2, -0.15) is 18.2 Å². The molecule has 0 unspecified atom stereocenters. The Kier molecular flexibility index (Phi) is 11.0. The molecule has 0 radical (unpaired) electrons. The lowest BCUT2D eigenvalue weighted by Gasteiger charge is -2.20. The van der Waals surface area contributed by atoms with E-state index in [1.54, 1.807) is 18.0 Å². The number of aromatic nitrogens is 2. The van der Waals surface area contributed by atoms with Crippen LogP contribution in [0, 0.1) is 0 Å². The standard InChI is InChI=1S/C22H25N3O2.C6H13NO3S/c1-24(2)13-4-14-25-22(26)21-12-9-18(15-19(21)16-23-25)6-5-17-7-10-20(27-3)11-8-17;8-11(9,10)7-6-4-2-1-3-5-6/h5-12,15-16H,4,13-14H2,1-3H3;6-7H,1-5H2,(H,8,9,10). The summed E-state index contributed by atoms with van der Waals surface area (Å²) in [4.78, 5) is 14.7. The van der Waals surface area contributed by atoms with E-state index in [1.165, 1.54) is 6.42 Å². The molecule has 1 aliphatic carbocycles. The Morgan fingerprint density at radius 1 is 1.08 bits per heavy atom. The molecule has 4 rings (SSSR count). The largest absolute Gasteiger partial charge is 0.497 e. The fraction of sp³-hybridized carbons (Fsp3) is 0.429. The molecule has 2 N–H and O–H groups in total. The van der Waals surface area contributed by atoms with E-state index >= 15 is 0 Å². The van der Waals surface area contributed by atoms with Gasteiger partial charge in [0.1, 0.15) is 5.75 Å². The third-order valence-corrected chi connectivity index (χ3v) is 6.99. The minimum atomic E-state index is -3.97. The Bertz CT molecular complexity index is 1360. The van der Waals surface area contributed by atoms with Gasteiger partial charge in [-0.15, -0.1) is 0 Å². The van der Waals surface area contributed by atoms with Crippen molar-refractivity contribution in [3.8, 4) is 5.75 Å². The van der Waals surface area contributed by atoms with Gasteiger partial charge in [-0.05, 0) is 75.3 Å². The molecular weight excluding hydrogens is 504 g/mol. The molecule has 0 amide bonds. The number of hydrogen-bond acceptors (Lipinski definition) is 6. The fourth-order valence-electron chi connectivity index (χ4n) is 4.34. The Balaban J connectivity index is 0.000000304. The SMILES string of the molecule is COc1ccc(C=Cc2ccc3c(=O)n(CCCN(C)C)ncc3c2)cc1.O=S(=O)(O)NC1CCCCC1. The van der Waals surface area contributed by atoms with Gasteiger partial charge in [0.2, 0.25) is 0 Å². The second-order valence-corrected chi connectivity index (χ2v) is 10.9. The molecule has 9 nitrogen and oxygen atoms in total. The van der Waals surface area contributed by atoms with Gasteiger partial charge in [-0.3, -0.25) is 9.35 Å². The van der Waals surface area contributed by atoms with Crippen molar-refractivity contribution in [1.82, 2.24) is 19.4 Å². The zero-order valence-corrected chi connectivity index (χ0v) is 23.2. The molecule has 0 bridgehead atoms. The molecule has 0 atom stereocenters. The number of methoxy groups -OCH3 is 1. The lowest BCUT2D eigenvalue weighted by atomic mass is 9.96. The van der Waals surface area contributed by atoms with Gasteiger partial charge < -0.3 is 9.64 Å².